The number of hydrogen-bond acceptors (Lipinski definition) is 11. The lowest BCUT2D eigenvalue weighted by molar-refractivity contribution is -0.0484. The van der Waals surface area contributed by atoms with Crippen LogP contribution in [0.15, 0.2) is 11.1 Å². The van der Waals surface area contributed by atoms with Gasteiger partial charge in [0.15, 0.2) is 17.4 Å². The molecule has 2 aromatic heterocycles. The number of nitrogens with one attached hydrogen (secondary N) is 1. The molecule has 1 aliphatic rings. The van der Waals surface area contributed by atoms with E-state index in [2.05, 4.69) is 19.5 Å². The second-order valence-corrected chi connectivity index (χ2v) is 13.2. The first-order valence-electron chi connectivity index (χ1n) is 8.35. The molecule has 180 valence electrons. The maximum absolute atomic E-state index is 12.2. The Kier molecular flexibility index (Phi) is 6.56. The van der Waals surface area contributed by atoms with Gasteiger partial charge in [-0.3, -0.25) is 28.0 Å². The van der Waals surface area contributed by atoms with E-state index in [0.717, 1.165) is 10.9 Å². The zero-order valence-corrected chi connectivity index (χ0v) is 18.2. The summed E-state index contributed by atoms with van der Waals surface area (Å²) in [6, 6.07) is 0. The number of nitrogens with two attached hydrogens (primary N) is 1. The molecule has 0 aromatic carbocycles. The molecule has 21 heteroatoms. The molecule has 1 saturated heterocycles. The van der Waals surface area contributed by atoms with Crippen LogP contribution >= 0.6 is 22.8 Å². The fourth-order valence-corrected chi connectivity index (χ4v) is 8.55. The number of nitrogens with zero attached hydrogens (tertiary/aromatic N) is 3. The molecular formula is C11H18N5O13P3. The summed E-state index contributed by atoms with van der Waals surface area (Å²) in [5.41, 5.74) is 4.44. The number of aliphatic hydroxyl groups is 2. The maximum atomic E-state index is 12.2. The van der Waals surface area contributed by atoms with Crippen molar-refractivity contribution in [1.29, 1.82) is 0 Å². The number of ether oxygens (including phenoxy) is 1. The van der Waals surface area contributed by atoms with Crippen LogP contribution in [0.25, 0.3) is 11.2 Å². The van der Waals surface area contributed by atoms with Gasteiger partial charge >= 0.3 is 22.8 Å². The number of rotatable bonds is 7. The summed E-state index contributed by atoms with van der Waals surface area (Å²) < 4.78 is 45.7. The third-order valence-corrected chi connectivity index (χ3v) is 12.0. The van der Waals surface area contributed by atoms with E-state index in [9.17, 15) is 33.6 Å². The molecule has 10 N–H and O–H groups in total. The van der Waals surface area contributed by atoms with Crippen LogP contribution in [-0.4, -0.2) is 84.3 Å². The number of aliphatic hydroxyl groups excluding tert-OH is 2. The van der Waals surface area contributed by atoms with Gasteiger partial charge in [0.25, 0.3) is 10.7 Å². The maximum Gasteiger partial charge on any atom is 0.355 e. The molecule has 1 fully saturated rings. The first-order valence-corrected chi connectivity index (χ1v) is 13.4. The number of nitrogen functional groups attached to an aromatic ring is 1. The van der Waals surface area contributed by atoms with E-state index >= 15 is 0 Å². The van der Waals surface area contributed by atoms with Gasteiger partial charge in [-0.25, -0.2) is 4.98 Å². The smallest absolute Gasteiger partial charge is 0.355 e. The average Bonchev–Trinajstić information content (AvgIpc) is 3.12. The molecule has 1 unspecified atom stereocenters. The van der Waals surface area contributed by atoms with Crippen molar-refractivity contribution >= 4 is 39.9 Å². The van der Waals surface area contributed by atoms with Crippen molar-refractivity contribution in [1.82, 2.24) is 19.5 Å². The molecule has 18 nitrogen and oxygen atoms in total. The number of hydrogen-bond donors (Lipinski definition) is 9. The predicted octanol–water partition coefficient (Wildman–Crippen LogP) is -2.84. The molecule has 2 aromatic rings. The van der Waals surface area contributed by atoms with Gasteiger partial charge in [-0.05, 0) is 0 Å². The second-order valence-electron chi connectivity index (χ2n) is 6.71. The quantitative estimate of drug-likeness (QED) is 0.166. The highest BCUT2D eigenvalue weighted by Crippen LogP contribution is 2.75. The van der Waals surface area contributed by atoms with E-state index in [-0.39, 0.29) is 17.1 Å². The first-order chi connectivity index (χ1) is 14.5. The third kappa shape index (κ3) is 4.72. The van der Waals surface area contributed by atoms with Gasteiger partial charge in [-0.15, -0.1) is 0 Å². The zero-order valence-electron chi connectivity index (χ0n) is 15.5. The van der Waals surface area contributed by atoms with Crippen LogP contribution in [0.5, 0.6) is 0 Å². The van der Waals surface area contributed by atoms with Gasteiger partial charge in [0.1, 0.15) is 18.3 Å². The highest BCUT2D eigenvalue weighted by Gasteiger charge is 2.57. The number of aromatic amines is 1. The molecule has 1 aliphatic heterocycles. The Morgan fingerprint density at radius 1 is 1.16 bits per heavy atom. The van der Waals surface area contributed by atoms with E-state index in [1.54, 1.807) is 0 Å². The molecule has 0 aliphatic carbocycles. The zero-order chi connectivity index (χ0) is 24.2. The minimum absolute atomic E-state index is 0.139. The van der Waals surface area contributed by atoms with Crippen LogP contribution in [0, 0.1) is 0 Å². The van der Waals surface area contributed by atoms with Gasteiger partial charge in [0.05, 0.1) is 12.9 Å². The van der Waals surface area contributed by atoms with Crippen molar-refractivity contribution < 1.29 is 57.6 Å². The number of anilines is 1. The average molecular weight is 521 g/mol. The third-order valence-electron chi connectivity index (χ3n) is 4.38. The van der Waals surface area contributed by atoms with E-state index in [0.29, 0.717) is 0 Å². The highest BCUT2D eigenvalue weighted by atomic mass is 31.3. The Balaban J connectivity index is 1.84. The normalized spacial score (nSPS) is 26.6. The first kappa shape index (κ1) is 25.1. The lowest BCUT2D eigenvalue weighted by atomic mass is 10.1. The van der Waals surface area contributed by atoms with Crippen molar-refractivity contribution in [3.8, 4) is 0 Å². The van der Waals surface area contributed by atoms with Gasteiger partial charge in [-0.2, -0.15) is 4.98 Å². The standard InChI is InChI=1S/C11H18N5O13P3/c12-10-14-7-4(8(19)15-10)13-2-16(7)9-6(18)5(17)3(29-9)1-28-32(26,27)11(30(20,21)22)31(23,24)25/h2-3,5-6,9,11,17-18H,1H2,(H,26,27)(H2,20,21,22)(H2,23,24,25)(H3,12,14,15,19)/t3-,5-,6-,9-/m1/s1. The fourth-order valence-electron chi connectivity index (χ4n) is 3.05. The molecule has 32 heavy (non-hydrogen) atoms. The largest absolute Gasteiger partial charge is 0.387 e. The highest BCUT2D eigenvalue weighted by molar-refractivity contribution is 7.87. The van der Waals surface area contributed by atoms with Crippen molar-refractivity contribution in [3.05, 3.63) is 16.7 Å². The van der Waals surface area contributed by atoms with Crippen molar-refractivity contribution in [2.45, 2.75) is 29.7 Å². The number of aromatic nitrogens is 4. The summed E-state index contributed by atoms with van der Waals surface area (Å²) in [6.07, 6.45) is -5.58. The molecule has 3 heterocycles. The van der Waals surface area contributed by atoms with Gasteiger partial charge < -0.3 is 49.7 Å². The monoisotopic (exact) mass is 521 g/mol. The summed E-state index contributed by atoms with van der Waals surface area (Å²) >= 11 is 0. The Hall–Kier alpha value is -1.52. The number of imidazole rings is 1. The van der Waals surface area contributed by atoms with Gasteiger partial charge in [0.2, 0.25) is 5.95 Å². The van der Waals surface area contributed by atoms with Crippen LogP contribution in [0.2, 0.25) is 0 Å². The van der Waals surface area contributed by atoms with Crippen LogP contribution in [-0.2, 0) is 23.0 Å². The summed E-state index contributed by atoms with van der Waals surface area (Å²) in [7, 11) is -17.3. The van der Waals surface area contributed by atoms with Crippen LogP contribution in [0.1, 0.15) is 6.23 Å². The predicted molar refractivity (Wildman–Crippen MR) is 102 cm³/mol. The van der Waals surface area contributed by atoms with Crippen molar-refractivity contribution in [2.75, 3.05) is 12.3 Å². The number of H-pyrrole nitrogens is 1. The topological polar surface area (TPSA) is 301 Å². The number of fused-ring (bicyclic) bond motifs is 1. The van der Waals surface area contributed by atoms with E-state index in [4.69, 9.17) is 30.0 Å². The van der Waals surface area contributed by atoms with Crippen LogP contribution in [0.3, 0.4) is 0 Å². The Bertz CT molecular complexity index is 1200. The minimum atomic E-state index is -5.82. The summed E-state index contributed by atoms with van der Waals surface area (Å²) in [6.45, 7) is -1.11. The summed E-state index contributed by atoms with van der Waals surface area (Å²) in [5, 5.41) is 17.1. The molecule has 0 radical (unpaired) electrons. The SMILES string of the molecule is Nc1nc2c(ncn2[C@@H]2O[C@H](COP(=O)(O)C(P(=O)(O)O)P(=O)(O)O)[C@@H](O)[C@H]2O)c(=O)[nH]1. The van der Waals surface area contributed by atoms with Crippen LogP contribution < -0.4 is 11.3 Å². The molecule has 3 rings (SSSR count). The van der Waals surface area contributed by atoms with Crippen LogP contribution in [0.4, 0.5) is 5.95 Å². The Labute approximate surface area is 176 Å². The molecule has 5 atom stereocenters. The van der Waals surface area contributed by atoms with Crippen molar-refractivity contribution in [2.24, 2.45) is 0 Å². The van der Waals surface area contributed by atoms with Gasteiger partial charge in [-0.1, -0.05) is 0 Å². The lowest BCUT2D eigenvalue weighted by Gasteiger charge is -2.25. The molecular weight excluding hydrogens is 503 g/mol. The van der Waals surface area contributed by atoms with E-state index in [1.807, 2.05) is 0 Å². The fraction of sp³-hybridized carbons (Fsp3) is 0.545. The van der Waals surface area contributed by atoms with Crippen molar-refractivity contribution in [3.63, 3.8) is 0 Å². The Morgan fingerprint density at radius 2 is 1.75 bits per heavy atom. The van der Waals surface area contributed by atoms with E-state index in [1.165, 1.54) is 0 Å². The van der Waals surface area contributed by atoms with E-state index < -0.39 is 64.6 Å². The lowest BCUT2D eigenvalue weighted by Crippen LogP contribution is -2.34. The molecule has 0 amide bonds. The second kappa shape index (κ2) is 8.36. The molecule has 0 spiro atoms. The summed E-state index contributed by atoms with van der Waals surface area (Å²) in [5.74, 6) is -0.292. The minimum Gasteiger partial charge on any atom is -0.387 e. The summed E-state index contributed by atoms with van der Waals surface area (Å²) in [4.78, 5) is 67.8. The molecule has 0 bridgehead atoms. The molecule has 0 saturated carbocycles. The Morgan fingerprint density at radius 3 is 2.31 bits per heavy atom. The van der Waals surface area contributed by atoms with Gasteiger partial charge in [0, 0.05) is 0 Å².